The van der Waals surface area contributed by atoms with Crippen LogP contribution in [0.2, 0.25) is 0 Å². The lowest BCUT2D eigenvalue weighted by molar-refractivity contribution is -0.137. The lowest BCUT2D eigenvalue weighted by Crippen LogP contribution is -2.12. The van der Waals surface area contributed by atoms with Crippen LogP contribution in [-0.2, 0) is 12.6 Å². The van der Waals surface area contributed by atoms with E-state index in [0.29, 0.717) is 41.1 Å². The number of H-pyrrole nitrogens is 1. The molecule has 0 radical (unpaired) electrons. The smallest absolute Gasteiger partial charge is 0.416 e. The normalized spacial score (nSPS) is 12.4. The van der Waals surface area contributed by atoms with Gasteiger partial charge >= 0.3 is 6.18 Å². The molecule has 0 bridgehead atoms. The molecular weight excluding hydrogens is 480 g/mol. The maximum atomic E-state index is 14.4. The van der Waals surface area contributed by atoms with Crippen LogP contribution in [-0.4, -0.2) is 34.0 Å². The zero-order valence-corrected chi connectivity index (χ0v) is 19.6. The molecule has 0 saturated heterocycles. The lowest BCUT2D eigenvalue weighted by Gasteiger charge is -2.15. The molecule has 0 aliphatic heterocycles. The number of methoxy groups -OCH3 is 2. The number of halogens is 4. The number of alkyl halides is 3. The highest BCUT2D eigenvalue weighted by Crippen LogP contribution is 2.32. The van der Waals surface area contributed by atoms with E-state index in [1.807, 2.05) is 6.07 Å². The van der Waals surface area contributed by atoms with E-state index in [1.165, 1.54) is 31.2 Å². The molecule has 0 saturated carbocycles. The van der Waals surface area contributed by atoms with Crippen LogP contribution in [0.25, 0.3) is 11.3 Å². The Bertz CT molecular complexity index is 1450. The van der Waals surface area contributed by atoms with Gasteiger partial charge in [-0.25, -0.2) is 9.37 Å². The predicted octanol–water partition coefficient (Wildman–Crippen LogP) is 5.01. The first-order valence-corrected chi connectivity index (χ1v) is 10.8. The summed E-state index contributed by atoms with van der Waals surface area (Å²) in [7, 11) is 3.06. The second-order valence-electron chi connectivity index (χ2n) is 8.06. The summed E-state index contributed by atoms with van der Waals surface area (Å²) in [6.07, 6.45) is -1.31. The van der Waals surface area contributed by atoms with E-state index in [0.717, 1.165) is 17.7 Å². The molecule has 1 N–H and O–H groups in total. The third-order valence-electron chi connectivity index (χ3n) is 5.68. The second kappa shape index (κ2) is 9.84. The first-order valence-electron chi connectivity index (χ1n) is 10.8. The summed E-state index contributed by atoms with van der Waals surface area (Å²) in [6, 6.07) is 8.36. The Hall–Kier alpha value is -4.15. The van der Waals surface area contributed by atoms with Crippen molar-refractivity contribution in [3.63, 3.8) is 0 Å². The maximum Gasteiger partial charge on any atom is 0.416 e. The standard InChI is InChI=1S/C25H22F4N4O3/c1-14(18-6-5-17(10-19(18)26)25(27,28)29)33-13-16(12-30-33)20-11-24(34)32-23(31-20)9-15-4-7-21(35-2)22(8-15)36-3/h4-8,10-14H,9H2,1-3H3,(H,31,32,34)/t14-/m1/s1. The number of benzene rings is 2. The van der Waals surface area contributed by atoms with Crippen LogP contribution in [0, 0.1) is 5.82 Å². The van der Waals surface area contributed by atoms with Crippen molar-refractivity contribution in [3.8, 4) is 22.8 Å². The molecule has 1 atom stereocenters. The molecule has 2 aromatic heterocycles. The summed E-state index contributed by atoms with van der Waals surface area (Å²) in [5.41, 5.74) is 0.284. The molecule has 0 amide bonds. The van der Waals surface area contributed by atoms with E-state index in [9.17, 15) is 22.4 Å². The Balaban J connectivity index is 1.59. The number of nitrogens with one attached hydrogen (secondary N) is 1. The van der Waals surface area contributed by atoms with E-state index in [-0.39, 0.29) is 11.1 Å². The van der Waals surface area contributed by atoms with Crippen LogP contribution in [0.1, 0.15) is 35.5 Å². The summed E-state index contributed by atoms with van der Waals surface area (Å²) in [5, 5.41) is 4.21. The number of rotatable bonds is 7. The zero-order chi connectivity index (χ0) is 26.0. The van der Waals surface area contributed by atoms with Gasteiger partial charge in [-0.2, -0.15) is 18.3 Å². The van der Waals surface area contributed by atoms with Gasteiger partial charge in [0.25, 0.3) is 5.56 Å². The van der Waals surface area contributed by atoms with Crippen LogP contribution >= 0.6 is 0 Å². The second-order valence-corrected chi connectivity index (χ2v) is 8.06. The molecular formula is C25H22F4N4O3. The van der Waals surface area contributed by atoms with Crippen LogP contribution in [0.4, 0.5) is 17.6 Å². The van der Waals surface area contributed by atoms with Crippen molar-refractivity contribution in [1.82, 2.24) is 19.7 Å². The topological polar surface area (TPSA) is 82.0 Å². The van der Waals surface area contributed by atoms with E-state index in [1.54, 1.807) is 25.3 Å². The van der Waals surface area contributed by atoms with Gasteiger partial charge in [0, 0.05) is 29.8 Å². The van der Waals surface area contributed by atoms with E-state index in [2.05, 4.69) is 15.1 Å². The number of hydrogen-bond donors (Lipinski definition) is 1. The van der Waals surface area contributed by atoms with Gasteiger partial charge in [-0.15, -0.1) is 0 Å². The molecule has 0 spiro atoms. The Morgan fingerprint density at radius 2 is 1.81 bits per heavy atom. The number of ether oxygens (including phenoxy) is 2. The van der Waals surface area contributed by atoms with Crippen LogP contribution < -0.4 is 15.0 Å². The highest BCUT2D eigenvalue weighted by atomic mass is 19.4. The third-order valence-corrected chi connectivity index (χ3v) is 5.68. The Kier molecular flexibility index (Phi) is 6.82. The molecule has 2 aromatic carbocycles. The largest absolute Gasteiger partial charge is 0.493 e. The van der Waals surface area contributed by atoms with Crippen molar-refractivity contribution in [2.24, 2.45) is 0 Å². The fourth-order valence-electron chi connectivity index (χ4n) is 3.79. The summed E-state index contributed by atoms with van der Waals surface area (Å²) < 4.78 is 65.0. The van der Waals surface area contributed by atoms with E-state index >= 15 is 0 Å². The van der Waals surface area contributed by atoms with Gasteiger partial charge in [-0.05, 0) is 36.8 Å². The molecule has 7 nitrogen and oxygen atoms in total. The maximum absolute atomic E-state index is 14.4. The van der Waals surface area contributed by atoms with Crippen molar-refractivity contribution in [2.75, 3.05) is 14.2 Å². The van der Waals surface area contributed by atoms with Crippen molar-refractivity contribution in [1.29, 1.82) is 0 Å². The van der Waals surface area contributed by atoms with Gasteiger partial charge in [0.2, 0.25) is 0 Å². The minimum atomic E-state index is -4.64. The van der Waals surface area contributed by atoms with Crippen LogP contribution in [0.5, 0.6) is 11.5 Å². The monoisotopic (exact) mass is 502 g/mol. The molecule has 2 heterocycles. The van der Waals surface area contributed by atoms with Gasteiger partial charge in [0.05, 0.1) is 37.7 Å². The zero-order valence-electron chi connectivity index (χ0n) is 19.6. The summed E-state index contributed by atoms with van der Waals surface area (Å²) in [5.74, 6) is 0.530. The Morgan fingerprint density at radius 1 is 1.06 bits per heavy atom. The average Bonchev–Trinajstić information content (AvgIpc) is 3.33. The van der Waals surface area contributed by atoms with Crippen molar-refractivity contribution >= 4 is 0 Å². The summed E-state index contributed by atoms with van der Waals surface area (Å²) in [6.45, 7) is 1.61. The minimum Gasteiger partial charge on any atom is -0.493 e. The lowest BCUT2D eigenvalue weighted by atomic mass is 10.0. The number of hydrogen-bond acceptors (Lipinski definition) is 5. The highest BCUT2D eigenvalue weighted by Gasteiger charge is 2.31. The van der Waals surface area contributed by atoms with Crippen molar-refractivity contribution < 1.29 is 27.0 Å². The molecule has 4 aromatic rings. The van der Waals surface area contributed by atoms with Gasteiger partial charge in [0.15, 0.2) is 11.5 Å². The first kappa shape index (κ1) is 25.0. The van der Waals surface area contributed by atoms with Gasteiger partial charge in [-0.3, -0.25) is 9.48 Å². The molecule has 0 aliphatic rings. The molecule has 36 heavy (non-hydrogen) atoms. The fraction of sp³-hybridized carbons (Fsp3) is 0.240. The number of aromatic amines is 1. The first-order chi connectivity index (χ1) is 17.1. The van der Waals surface area contributed by atoms with Crippen molar-refractivity contribution in [2.45, 2.75) is 25.6 Å². The van der Waals surface area contributed by atoms with Crippen LogP contribution in [0.15, 0.2) is 59.7 Å². The summed E-state index contributed by atoms with van der Waals surface area (Å²) in [4.78, 5) is 19.5. The highest BCUT2D eigenvalue weighted by molar-refractivity contribution is 5.56. The molecule has 11 heteroatoms. The van der Waals surface area contributed by atoms with E-state index < -0.39 is 23.6 Å². The SMILES string of the molecule is COc1ccc(Cc2nc(-c3cnn([C@H](C)c4ccc(C(F)(F)F)cc4F)c3)cc(=O)[nH]2)cc1OC. The summed E-state index contributed by atoms with van der Waals surface area (Å²) >= 11 is 0. The van der Waals surface area contributed by atoms with Crippen LogP contribution in [0.3, 0.4) is 0 Å². The van der Waals surface area contributed by atoms with Gasteiger partial charge in [-0.1, -0.05) is 12.1 Å². The van der Waals surface area contributed by atoms with Crippen molar-refractivity contribution in [3.05, 3.63) is 93.5 Å². The predicted molar refractivity (Wildman–Crippen MR) is 124 cm³/mol. The number of aromatic nitrogens is 4. The Morgan fingerprint density at radius 3 is 2.47 bits per heavy atom. The van der Waals surface area contributed by atoms with Gasteiger partial charge < -0.3 is 14.5 Å². The van der Waals surface area contributed by atoms with E-state index in [4.69, 9.17) is 9.47 Å². The third kappa shape index (κ3) is 5.24. The van der Waals surface area contributed by atoms with Gasteiger partial charge in [0.1, 0.15) is 11.6 Å². The minimum absolute atomic E-state index is 0.0469. The molecule has 0 aliphatic carbocycles. The molecule has 188 valence electrons. The molecule has 4 rings (SSSR count). The average molecular weight is 502 g/mol. The fourth-order valence-corrected chi connectivity index (χ4v) is 3.79. The molecule has 0 fully saturated rings. The number of nitrogens with zero attached hydrogens (tertiary/aromatic N) is 3. The quantitative estimate of drug-likeness (QED) is 0.360. The Labute approximate surface area is 203 Å². The molecule has 0 unspecified atom stereocenters.